The zero-order valence-corrected chi connectivity index (χ0v) is 28.3. The van der Waals surface area contributed by atoms with Crippen molar-refractivity contribution in [3.8, 4) is 0 Å². The zero-order valence-electron chi connectivity index (χ0n) is 28.3. The van der Waals surface area contributed by atoms with Crippen LogP contribution in [0.2, 0.25) is 0 Å². The van der Waals surface area contributed by atoms with Crippen LogP contribution in [0.25, 0.3) is 0 Å². The molecule has 1 aliphatic rings. The highest BCUT2D eigenvalue weighted by molar-refractivity contribution is 5.96. The number of carbonyl (C=O) groups excluding carboxylic acids is 5. The van der Waals surface area contributed by atoms with Crippen LogP contribution in [0.1, 0.15) is 91.4 Å². The number of nitrogens with zero attached hydrogens (tertiary/aromatic N) is 1. The number of carboxylic acid groups (broad SMARTS) is 1. The summed E-state index contributed by atoms with van der Waals surface area (Å²) in [4.78, 5) is 79.3. The molecule has 1 fully saturated rings. The van der Waals surface area contributed by atoms with Crippen LogP contribution in [0.3, 0.4) is 0 Å². The molecule has 6 atom stereocenters. The van der Waals surface area contributed by atoms with Gasteiger partial charge in [-0.05, 0) is 103 Å². The first-order valence-corrected chi connectivity index (χ1v) is 16.9. The summed E-state index contributed by atoms with van der Waals surface area (Å²) in [5.41, 5.74) is 22.7. The molecule has 1 rings (SSSR count). The molecule has 47 heavy (non-hydrogen) atoms. The van der Waals surface area contributed by atoms with Crippen molar-refractivity contribution < 1.29 is 33.9 Å². The molecule has 1 heterocycles. The summed E-state index contributed by atoms with van der Waals surface area (Å²) in [7, 11) is 0. The standard InChI is InChI=1S/C31H59N9O7/c1-19(2)25(35)29(44)36-20(3)26(41)37-21(11-4-7-15-32)27(42)38-22(12-5-8-16-33)30(45)40-18-10-14-24(40)28(43)39-23(31(46)47)13-6-9-17-34/h19-25H,4-18,32-35H2,1-3H3,(H,36,44)(H,37,41)(H,38,42)(H,39,43)(H,46,47)/t20-,21-,22-,23-,24-,25-/m0/s1. The molecule has 1 aliphatic heterocycles. The third-order valence-corrected chi connectivity index (χ3v) is 8.31. The second-order valence-corrected chi connectivity index (χ2v) is 12.6. The lowest BCUT2D eigenvalue weighted by Crippen LogP contribution is -2.59. The Morgan fingerprint density at radius 2 is 1.21 bits per heavy atom. The number of rotatable bonds is 23. The Morgan fingerprint density at radius 1 is 0.702 bits per heavy atom. The Balaban J connectivity index is 3.11. The zero-order chi connectivity index (χ0) is 35.5. The first kappa shape index (κ1) is 41.7. The van der Waals surface area contributed by atoms with Gasteiger partial charge in [-0.15, -0.1) is 0 Å². The van der Waals surface area contributed by atoms with E-state index in [9.17, 15) is 33.9 Å². The Kier molecular flexibility index (Phi) is 19.8. The smallest absolute Gasteiger partial charge is 0.326 e. The number of nitrogens with one attached hydrogen (secondary N) is 4. The van der Waals surface area contributed by atoms with Crippen LogP contribution in [0, 0.1) is 5.92 Å². The molecule has 0 spiro atoms. The van der Waals surface area contributed by atoms with Crippen LogP contribution in [0.5, 0.6) is 0 Å². The molecule has 13 N–H and O–H groups in total. The fourth-order valence-electron chi connectivity index (χ4n) is 5.28. The Labute approximate surface area is 278 Å². The average molecular weight is 670 g/mol. The molecule has 0 bridgehead atoms. The van der Waals surface area contributed by atoms with Crippen LogP contribution < -0.4 is 44.2 Å². The molecular weight excluding hydrogens is 610 g/mol. The van der Waals surface area contributed by atoms with Gasteiger partial charge in [-0.1, -0.05) is 13.8 Å². The van der Waals surface area contributed by atoms with E-state index in [1.165, 1.54) is 11.8 Å². The molecule has 0 radical (unpaired) electrons. The average Bonchev–Trinajstić information content (AvgIpc) is 3.52. The maximum Gasteiger partial charge on any atom is 0.326 e. The largest absolute Gasteiger partial charge is 0.480 e. The molecular formula is C31H59N9O7. The fourth-order valence-corrected chi connectivity index (χ4v) is 5.28. The first-order valence-electron chi connectivity index (χ1n) is 16.9. The Morgan fingerprint density at radius 3 is 1.72 bits per heavy atom. The minimum atomic E-state index is -1.17. The number of carboxylic acids is 1. The second-order valence-electron chi connectivity index (χ2n) is 12.6. The predicted octanol–water partition coefficient (Wildman–Crippen LogP) is -1.61. The Hall–Kier alpha value is -3.34. The molecule has 0 saturated carbocycles. The summed E-state index contributed by atoms with van der Waals surface area (Å²) >= 11 is 0. The summed E-state index contributed by atoms with van der Waals surface area (Å²) in [5, 5.41) is 20.2. The minimum absolute atomic E-state index is 0.144. The molecule has 1 saturated heterocycles. The highest BCUT2D eigenvalue weighted by atomic mass is 16.4. The van der Waals surface area contributed by atoms with Crippen molar-refractivity contribution in [2.45, 2.75) is 128 Å². The van der Waals surface area contributed by atoms with Gasteiger partial charge < -0.3 is 54.2 Å². The van der Waals surface area contributed by atoms with Gasteiger partial charge in [-0.3, -0.25) is 24.0 Å². The third-order valence-electron chi connectivity index (χ3n) is 8.31. The summed E-state index contributed by atoms with van der Waals surface area (Å²) in [6.07, 6.45) is 4.93. The number of aliphatic carboxylic acids is 1. The SMILES string of the molecule is CC(C)[C@H](N)C(=O)N[C@@H](C)C(=O)N[C@@H](CCCCN)C(=O)N[C@@H](CCCCN)C(=O)N1CCC[C@H]1C(=O)N[C@@H](CCCCN)C(=O)O. The number of unbranched alkanes of at least 4 members (excludes halogenated alkanes) is 3. The molecule has 0 aromatic heterocycles. The van der Waals surface area contributed by atoms with Crippen LogP contribution in [-0.4, -0.2) is 108 Å². The van der Waals surface area contributed by atoms with Gasteiger partial charge in [0, 0.05) is 6.54 Å². The van der Waals surface area contributed by atoms with Gasteiger partial charge >= 0.3 is 5.97 Å². The van der Waals surface area contributed by atoms with Gasteiger partial charge in [-0.25, -0.2) is 4.79 Å². The second kappa shape index (κ2) is 22.3. The van der Waals surface area contributed by atoms with Crippen molar-refractivity contribution in [1.82, 2.24) is 26.2 Å². The van der Waals surface area contributed by atoms with E-state index in [0.717, 1.165) is 0 Å². The van der Waals surface area contributed by atoms with Crippen molar-refractivity contribution in [2.75, 3.05) is 26.2 Å². The van der Waals surface area contributed by atoms with Crippen LogP contribution in [0.15, 0.2) is 0 Å². The van der Waals surface area contributed by atoms with E-state index in [2.05, 4.69) is 21.3 Å². The predicted molar refractivity (Wildman–Crippen MR) is 177 cm³/mol. The monoisotopic (exact) mass is 669 g/mol. The van der Waals surface area contributed by atoms with Gasteiger partial charge in [0.05, 0.1) is 6.04 Å². The Bertz CT molecular complexity index is 1030. The molecule has 16 heteroatoms. The number of hydrogen-bond acceptors (Lipinski definition) is 10. The van der Waals surface area contributed by atoms with E-state index >= 15 is 0 Å². The minimum Gasteiger partial charge on any atom is -0.480 e. The van der Waals surface area contributed by atoms with Crippen LogP contribution >= 0.6 is 0 Å². The quantitative estimate of drug-likeness (QED) is 0.0558. The highest BCUT2D eigenvalue weighted by Gasteiger charge is 2.39. The summed E-state index contributed by atoms with van der Waals surface area (Å²) in [5.74, 6) is -4.03. The molecule has 0 aromatic rings. The molecule has 0 unspecified atom stereocenters. The van der Waals surface area contributed by atoms with E-state index in [4.69, 9.17) is 22.9 Å². The van der Waals surface area contributed by atoms with Gasteiger partial charge in [0.1, 0.15) is 30.2 Å². The maximum absolute atomic E-state index is 13.9. The number of likely N-dealkylation sites (tertiary alicyclic amines) is 1. The van der Waals surface area contributed by atoms with Crippen molar-refractivity contribution in [2.24, 2.45) is 28.9 Å². The third kappa shape index (κ3) is 14.5. The number of carbonyl (C=O) groups is 6. The van der Waals surface area contributed by atoms with Crippen molar-refractivity contribution in [1.29, 1.82) is 0 Å². The lowest BCUT2D eigenvalue weighted by molar-refractivity contribution is -0.145. The van der Waals surface area contributed by atoms with Gasteiger partial charge in [0.2, 0.25) is 29.5 Å². The van der Waals surface area contributed by atoms with Crippen LogP contribution in [-0.2, 0) is 28.8 Å². The van der Waals surface area contributed by atoms with Gasteiger partial charge in [0.15, 0.2) is 0 Å². The molecule has 0 aliphatic carbocycles. The van der Waals surface area contributed by atoms with Crippen molar-refractivity contribution in [3.63, 3.8) is 0 Å². The van der Waals surface area contributed by atoms with Crippen LogP contribution in [0.4, 0.5) is 0 Å². The molecule has 16 nitrogen and oxygen atoms in total. The first-order chi connectivity index (χ1) is 22.3. The topological polar surface area (TPSA) is 278 Å². The van der Waals surface area contributed by atoms with E-state index in [-0.39, 0.29) is 31.7 Å². The van der Waals surface area contributed by atoms with E-state index < -0.39 is 71.8 Å². The highest BCUT2D eigenvalue weighted by Crippen LogP contribution is 2.21. The number of amides is 5. The molecule has 270 valence electrons. The normalized spacial score (nSPS) is 17.7. The molecule has 0 aromatic carbocycles. The van der Waals surface area contributed by atoms with Crippen molar-refractivity contribution >= 4 is 35.5 Å². The maximum atomic E-state index is 13.9. The molecule has 5 amide bonds. The van der Waals surface area contributed by atoms with E-state index in [0.29, 0.717) is 71.0 Å². The summed E-state index contributed by atoms with van der Waals surface area (Å²) in [6.45, 7) is 6.49. The fraction of sp³-hybridized carbons (Fsp3) is 0.806. The number of nitrogens with two attached hydrogens (primary N) is 4. The van der Waals surface area contributed by atoms with E-state index in [1.54, 1.807) is 13.8 Å². The van der Waals surface area contributed by atoms with Crippen molar-refractivity contribution in [3.05, 3.63) is 0 Å². The van der Waals surface area contributed by atoms with Gasteiger partial charge in [0.25, 0.3) is 0 Å². The van der Waals surface area contributed by atoms with Gasteiger partial charge in [-0.2, -0.15) is 0 Å². The lowest BCUT2D eigenvalue weighted by Gasteiger charge is -2.30. The summed E-state index contributed by atoms with van der Waals surface area (Å²) < 4.78 is 0. The lowest BCUT2D eigenvalue weighted by atomic mass is 10.0. The van der Waals surface area contributed by atoms with E-state index in [1.807, 2.05) is 0 Å². The number of hydrogen-bond donors (Lipinski definition) is 9. The summed E-state index contributed by atoms with van der Waals surface area (Å²) in [6, 6.07) is -5.84.